The van der Waals surface area contributed by atoms with Gasteiger partial charge in [0.25, 0.3) is 5.56 Å². The van der Waals surface area contributed by atoms with Crippen molar-refractivity contribution >= 4 is 23.9 Å². The van der Waals surface area contributed by atoms with Crippen LogP contribution in [0.2, 0.25) is 5.02 Å². The molecule has 25 heavy (non-hydrogen) atoms. The summed E-state index contributed by atoms with van der Waals surface area (Å²) >= 11 is 6.74. The van der Waals surface area contributed by atoms with Crippen LogP contribution in [0.3, 0.4) is 0 Å². The van der Waals surface area contributed by atoms with Crippen LogP contribution in [0, 0.1) is 5.41 Å². The molecule has 0 aliphatic carbocycles. The van der Waals surface area contributed by atoms with E-state index in [9.17, 15) is 4.79 Å². The Morgan fingerprint density at radius 2 is 1.96 bits per heavy atom. The van der Waals surface area contributed by atoms with E-state index in [0.29, 0.717) is 17.9 Å². The van der Waals surface area contributed by atoms with E-state index >= 15 is 0 Å². The van der Waals surface area contributed by atoms with Gasteiger partial charge < -0.3 is 5.41 Å². The van der Waals surface area contributed by atoms with E-state index in [-0.39, 0.29) is 11.5 Å². The largest absolute Gasteiger partial charge is 0.313 e. The minimum absolute atomic E-state index is 0.0157. The molecule has 2 rings (SSSR count). The van der Waals surface area contributed by atoms with Crippen molar-refractivity contribution in [2.75, 3.05) is 0 Å². The zero-order valence-corrected chi connectivity index (χ0v) is 15.8. The van der Waals surface area contributed by atoms with Gasteiger partial charge in [0.2, 0.25) is 0 Å². The number of hydrogen-bond donors (Lipinski definition) is 1. The smallest absolute Gasteiger partial charge is 0.259 e. The first-order valence-corrected chi connectivity index (χ1v) is 9.08. The van der Waals surface area contributed by atoms with Crippen molar-refractivity contribution < 1.29 is 0 Å². The highest BCUT2D eigenvalue weighted by atomic mass is 35.5. The minimum Gasteiger partial charge on any atom is -0.313 e. The van der Waals surface area contributed by atoms with Crippen molar-refractivity contribution in [3.8, 4) is 5.69 Å². The fraction of sp³-hybridized carbons (Fsp3) is 0.333. The predicted molar refractivity (Wildman–Crippen MR) is 108 cm³/mol. The number of allylic oxidation sites excluding steroid dienone is 1. The molecule has 0 radical (unpaired) electrons. The van der Waals surface area contributed by atoms with Gasteiger partial charge in [-0.3, -0.25) is 9.36 Å². The molecule has 4 heteroatoms. The molecule has 0 fully saturated rings. The molecule has 3 nitrogen and oxygen atoms in total. The lowest BCUT2D eigenvalue weighted by Crippen LogP contribution is -2.28. The Bertz CT molecular complexity index is 822. The Hall–Kier alpha value is -2.13. The molecule has 0 aliphatic heterocycles. The van der Waals surface area contributed by atoms with E-state index in [0.717, 1.165) is 28.9 Å². The van der Waals surface area contributed by atoms with Gasteiger partial charge in [0.1, 0.15) is 0 Å². The molecule has 0 amide bonds. The topological polar surface area (TPSA) is 45.9 Å². The quantitative estimate of drug-likeness (QED) is 0.643. The van der Waals surface area contributed by atoms with Crippen molar-refractivity contribution in [1.29, 1.82) is 5.41 Å². The number of hydrogen-bond acceptors (Lipinski definition) is 2. The molecular formula is C21H25ClN2O. The van der Waals surface area contributed by atoms with E-state index < -0.39 is 0 Å². The number of para-hydroxylation sites is 1. The Labute approximate surface area is 154 Å². The molecule has 1 aromatic carbocycles. The van der Waals surface area contributed by atoms with Gasteiger partial charge in [0.15, 0.2) is 0 Å². The molecule has 1 atom stereocenters. The third-order valence-corrected chi connectivity index (χ3v) is 4.82. The molecule has 0 saturated heterocycles. The summed E-state index contributed by atoms with van der Waals surface area (Å²) in [5, 5.41) is 7.92. The van der Waals surface area contributed by atoms with Crippen LogP contribution in [0.25, 0.3) is 11.8 Å². The predicted octanol–water partition coefficient (Wildman–Crippen LogP) is 5.62. The van der Waals surface area contributed by atoms with E-state index in [1.54, 1.807) is 4.57 Å². The summed E-state index contributed by atoms with van der Waals surface area (Å²) in [5.41, 5.74) is 3.19. The molecular weight excluding hydrogens is 332 g/mol. The second-order valence-corrected chi connectivity index (χ2v) is 6.48. The molecule has 1 aromatic heterocycles. The third-order valence-electron chi connectivity index (χ3n) is 4.40. The summed E-state index contributed by atoms with van der Waals surface area (Å²) in [4.78, 5) is 13.4. The minimum atomic E-state index is -0.0157. The molecule has 1 N–H and O–H groups in total. The number of nitrogens with zero attached hydrogens (tertiary/aromatic N) is 1. The summed E-state index contributed by atoms with van der Waals surface area (Å²) in [6.45, 7) is 5.97. The van der Waals surface area contributed by atoms with Gasteiger partial charge in [-0.05, 0) is 50.5 Å². The van der Waals surface area contributed by atoms with Crippen LogP contribution in [0.5, 0.6) is 0 Å². The van der Waals surface area contributed by atoms with Gasteiger partial charge in [-0.15, -0.1) is 0 Å². The van der Waals surface area contributed by atoms with Crippen molar-refractivity contribution in [3.05, 3.63) is 68.6 Å². The van der Waals surface area contributed by atoms with Crippen LogP contribution in [-0.4, -0.2) is 10.8 Å². The number of nitrogens with one attached hydrogen (secondary N) is 1. The molecule has 1 unspecified atom stereocenters. The van der Waals surface area contributed by atoms with Gasteiger partial charge in [-0.2, -0.15) is 0 Å². The molecule has 1 heterocycles. The number of rotatable bonds is 7. The van der Waals surface area contributed by atoms with E-state index in [4.69, 9.17) is 17.0 Å². The van der Waals surface area contributed by atoms with Gasteiger partial charge in [-0.25, -0.2) is 0 Å². The second kappa shape index (κ2) is 8.82. The summed E-state index contributed by atoms with van der Waals surface area (Å²) in [6.07, 6.45) is 7.30. The lowest BCUT2D eigenvalue weighted by atomic mass is 9.92. The van der Waals surface area contributed by atoms with Crippen LogP contribution in [0.4, 0.5) is 0 Å². The first-order valence-electron chi connectivity index (χ1n) is 8.71. The molecule has 0 saturated carbocycles. The standard InChI is InChI=1S/C21H25ClN2O/c1-4-10-17-19(15(3)11-9-14-23)21(25)24(18(5-2)20(17)22)16-12-7-6-8-13-16/h4,6-8,10,12-15,23H,5,9,11H2,1-3H3/b10-4-,23-14?. The van der Waals surface area contributed by atoms with E-state index in [1.165, 1.54) is 6.21 Å². The van der Waals surface area contributed by atoms with Crippen LogP contribution < -0.4 is 5.56 Å². The summed E-state index contributed by atoms with van der Waals surface area (Å²) in [6, 6.07) is 9.64. The van der Waals surface area contributed by atoms with Crippen molar-refractivity contribution in [1.82, 2.24) is 4.57 Å². The van der Waals surface area contributed by atoms with Gasteiger partial charge in [-0.1, -0.05) is 55.8 Å². The summed E-state index contributed by atoms with van der Waals surface area (Å²) in [7, 11) is 0. The van der Waals surface area contributed by atoms with Crippen molar-refractivity contribution in [2.45, 2.75) is 46.0 Å². The maximum absolute atomic E-state index is 13.4. The average molecular weight is 357 g/mol. The highest BCUT2D eigenvalue weighted by Gasteiger charge is 2.22. The Morgan fingerprint density at radius 3 is 2.52 bits per heavy atom. The monoisotopic (exact) mass is 356 g/mol. The van der Waals surface area contributed by atoms with Gasteiger partial charge in [0.05, 0.1) is 5.02 Å². The maximum Gasteiger partial charge on any atom is 0.259 e. The lowest BCUT2D eigenvalue weighted by molar-refractivity contribution is 0.684. The van der Waals surface area contributed by atoms with Gasteiger partial charge >= 0.3 is 0 Å². The normalized spacial score (nSPS) is 12.5. The molecule has 0 bridgehead atoms. The first-order chi connectivity index (χ1) is 12.1. The highest BCUT2D eigenvalue weighted by Crippen LogP contribution is 2.31. The van der Waals surface area contributed by atoms with Crippen molar-refractivity contribution in [2.24, 2.45) is 0 Å². The Kier molecular flexibility index (Phi) is 6.77. The first kappa shape index (κ1) is 19.2. The Balaban J connectivity index is 2.83. The molecule has 0 aliphatic rings. The van der Waals surface area contributed by atoms with Crippen LogP contribution in [0.1, 0.15) is 56.4 Å². The van der Waals surface area contributed by atoms with E-state index in [1.807, 2.05) is 63.3 Å². The third kappa shape index (κ3) is 3.93. The number of aromatic nitrogens is 1. The summed E-state index contributed by atoms with van der Waals surface area (Å²) in [5.74, 6) is 0.0265. The van der Waals surface area contributed by atoms with Crippen LogP contribution in [0.15, 0.2) is 41.2 Å². The fourth-order valence-corrected chi connectivity index (χ4v) is 3.56. The summed E-state index contributed by atoms with van der Waals surface area (Å²) < 4.78 is 1.74. The van der Waals surface area contributed by atoms with E-state index in [2.05, 4.69) is 0 Å². The second-order valence-electron chi connectivity index (χ2n) is 6.10. The number of benzene rings is 1. The molecule has 0 spiro atoms. The van der Waals surface area contributed by atoms with Crippen molar-refractivity contribution in [3.63, 3.8) is 0 Å². The zero-order chi connectivity index (χ0) is 18.4. The lowest BCUT2D eigenvalue weighted by Gasteiger charge is -2.21. The zero-order valence-electron chi connectivity index (χ0n) is 15.1. The maximum atomic E-state index is 13.4. The average Bonchev–Trinajstić information content (AvgIpc) is 2.63. The SMILES string of the molecule is C/C=C\c1c(Cl)c(CC)n(-c2ccccc2)c(=O)c1C(C)CCC=N. The van der Waals surface area contributed by atoms with Crippen LogP contribution in [-0.2, 0) is 6.42 Å². The number of halogens is 1. The Morgan fingerprint density at radius 1 is 1.28 bits per heavy atom. The molecule has 132 valence electrons. The highest BCUT2D eigenvalue weighted by molar-refractivity contribution is 6.32. The van der Waals surface area contributed by atoms with Gasteiger partial charge in [0, 0.05) is 22.5 Å². The number of pyridine rings is 1. The molecule has 2 aromatic rings. The van der Waals surface area contributed by atoms with Crippen LogP contribution >= 0.6 is 11.6 Å². The fourth-order valence-electron chi connectivity index (χ4n) is 3.18.